The van der Waals surface area contributed by atoms with Gasteiger partial charge in [0.2, 0.25) is 0 Å². The third kappa shape index (κ3) is 7.01. The largest absolute Gasteiger partial charge is 0.292 e. The fraction of sp³-hybridized carbons (Fsp3) is 0.400. The monoisotopic (exact) mass is 542 g/mol. The van der Waals surface area contributed by atoms with Gasteiger partial charge in [-0.25, -0.2) is 19.9 Å². The average molecular weight is 543 g/mol. The first-order chi connectivity index (χ1) is 19.1. The van der Waals surface area contributed by atoms with E-state index in [1.165, 1.54) is 48.1 Å². The van der Waals surface area contributed by atoms with Gasteiger partial charge in [-0.3, -0.25) is 19.8 Å². The Morgan fingerprint density at radius 2 is 1.31 bits per heavy atom. The van der Waals surface area contributed by atoms with Crippen LogP contribution < -0.4 is 0 Å². The van der Waals surface area contributed by atoms with Gasteiger partial charge < -0.3 is 0 Å². The second-order valence-corrected chi connectivity index (χ2v) is 10.7. The molecule has 0 saturated heterocycles. The molecule has 0 fully saturated rings. The fourth-order valence-electron chi connectivity index (χ4n) is 5.63. The lowest BCUT2D eigenvalue weighted by atomic mass is 9.91. The summed E-state index contributed by atoms with van der Waals surface area (Å²) in [5.74, 6) is 0. The van der Waals surface area contributed by atoms with E-state index in [2.05, 4.69) is 65.9 Å². The van der Waals surface area contributed by atoms with Crippen LogP contribution in [0.5, 0.6) is 0 Å². The quantitative estimate of drug-likeness (QED) is 0.299. The van der Waals surface area contributed by atoms with Crippen molar-refractivity contribution in [3.05, 3.63) is 107 Å². The zero-order chi connectivity index (χ0) is 27.0. The van der Waals surface area contributed by atoms with Gasteiger partial charge in [0, 0.05) is 31.7 Å². The summed E-state index contributed by atoms with van der Waals surface area (Å²) >= 11 is 5.91. The van der Waals surface area contributed by atoms with Crippen molar-refractivity contribution < 1.29 is 0 Å². The first-order valence-corrected chi connectivity index (χ1v) is 14.0. The number of aryl methyl sites for hydroxylation is 2. The highest BCUT2D eigenvalue weighted by atomic mass is 35.5. The summed E-state index contributed by atoms with van der Waals surface area (Å²) in [5, 5.41) is 0.491. The normalized spacial score (nSPS) is 18.2. The Balaban J connectivity index is 0.000000158. The summed E-state index contributed by atoms with van der Waals surface area (Å²) in [4.78, 5) is 30.3. The number of hydrogen-bond donors (Lipinski definition) is 0. The van der Waals surface area contributed by atoms with E-state index < -0.39 is 0 Å². The molecule has 9 heteroatoms. The molecule has 0 spiro atoms. The Morgan fingerprint density at radius 3 is 1.87 bits per heavy atom. The maximum Gasteiger partial charge on any atom is 0.132 e. The second kappa shape index (κ2) is 13.2. The van der Waals surface area contributed by atoms with Crippen LogP contribution in [0.3, 0.4) is 0 Å². The van der Waals surface area contributed by atoms with Crippen molar-refractivity contribution in [1.82, 2.24) is 39.7 Å². The molecule has 0 N–H and O–H groups in total. The Bertz CT molecular complexity index is 1350. The highest BCUT2D eigenvalue weighted by molar-refractivity contribution is 6.29. The molecule has 8 nitrogen and oxygen atoms in total. The number of nitrogens with zero attached hydrogens (tertiary/aromatic N) is 8. The van der Waals surface area contributed by atoms with Crippen LogP contribution in [0.1, 0.15) is 71.7 Å². The minimum Gasteiger partial charge on any atom is -0.292 e. The summed E-state index contributed by atoms with van der Waals surface area (Å²) in [6.45, 7) is 1.59. The molecular weight excluding hydrogens is 508 g/mol. The molecule has 202 valence electrons. The Kier molecular flexibility index (Phi) is 9.19. The Morgan fingerprint density at radius 1 is 0.718 bits per heavy atom. The molecule has 2 unspecified atom stereocenters. The van der Waals surface area contributed by atoms with Crippen LogP contribution >= 0.6 is 11.6 Å². The lowest BCUT2D eigenvalue weighted by molar-refractivity contribution is 0.206. The van der Waals surface area contributed by atoms with Gasteiger partial charge >= 0.3 is 0 Å². The number of fused-ring (bicyclic) bond motifs is 2. The number of halogens is 1. The van der Waals surface area contributed by atoms with Gasteiger partial charge in [0.15, 0.2) is 0 Å². The zero-order valence-corrected chi connectivity index (χ0v) is 23.4. The van der Waals surface area contributed by atoms with Crippen LogP contribution in [0, 0.1) is 0 Å². The van der Waals surface area contributed by atoms with Crippen molar-refractivity contribution in [2.24, 2.45) is 0 Å². The van der Waals surface area contributed by atoms with Crippen LogP contribution in [0.25, 0.3) is 0 Å². The Labute approximate surface area is 235 Å². The van der Waals surface area contributed by atoms with E-state index in [-0.39, 0.29) is 0 Å². The molecule has 39 heavy (non-hydrogen) atoms. The van der Waals surface area contributed by atoms with E-state index in [4.69, 9.17) is 11.6 Å². The molecular formula is C30H35ClN8. The van der Waals surface area contributed by atoms with Crippen molar-refractivity contribution in [3.63, 3.8) is 0 Å². The molecule has 0 radical (unpaired) electrons. The molecule has 6 rings (SSSR count). The van der Waals surface area contributed by atoms with Crippen LogP contribution in [-0.2, 0) is 25.9 Å². The zero-order valence-electron chi connectivity index (χ0n) is 22.6. The molecule has 0 aromatic carbocycles. The van der Waals surface area contributed by atoms with Gasteiger partial charge in [-0.2, -0.15) is 0 Å². The number of aromatic nitrogens is 6. The molecule has 4 aromatic rings. The van der Waals surface area contributed by atoms with E-state index in [0.29, 0.717) is 17.2 Å². The van der Waals surface area contributed by atoms with Crippen molar-refractivity contribution in [3.8, 4) is 0 Å². The lowest BCUT2D eigenvalue weighted by Gasteiger charge is -2.32. The van der Waals surface area contributed by atoms with Gasteiger partial charge in [-0.1, -0.05) is 23.7 Å². The van der Waals surface area contributed by atoms with Crippen LogP contribution in [0.4, 0.5) is 0 Å². The maximum atomic E-state index is 5.91. The van der Waals surface area contributed by atoms with Crippen molar-refractivity contribution in [1.29, 1.82) is 0 Å². The van der Waals surface area contributed by atoms with Crippen molar-refractivity contribution in [2.45, 2.75) is 63.7 Å². The smallest absolute Gasteiger partial charge is 0.132 e. The summed E-state index contributed by atoms with van der Waals surface area (Å²) in [7, 11) is 4.26. The van der Waals surface area contributed by atoms with Crippen LogP contribution in [0.2, 0.25) is 5.15 Å². The summed E-state index contributed by atoms with van der Waals surface area (Å²) in [6, 6.07) is 13.0. The first-order valence-electron chi connectivity index (χ1n) is 13.6. The van der Waals surface area contributed by atoms with E-state index >= 15 is 0 Å². The fourth-order valence-corrected chi connectivity index (χ4v) is 5.80. The Hall–Kier alpha value is -3.33. The third-order valence-electron chi connectivity index (χ3n) is 7.55. The van der Waals surface area contributed by atoms with Gasteiger partial charge in [-0.15, -0.1) is 0 Å². The second-order valence-electron chi connectivity index (χ2n) is 10.3. The highest BCUT2D eigenvalue weighted by Crippen LogP contribution is 2.33. The van der Waals surface area contributed by atoms with E-state index in [1.54, 1.807) is 12.5 Å². The van der Waals surface area contributed by atoms with Gasteiger partial charge in [0.05, 0.1) is 34.9 Å². The van der Waals surface area contributed by atoms with Crippen molar-refractivity contribution in [2.75, 3.05) is 14.1 Å². The van der Waals surface area contributed by atoms with Crippen molar-refractivity contribution >= 4 is 11.6 Å². The molecule has 2 atom stereocenters. The molecule has 0 bridgehead atoms. The maximum absolute atomic E-state index is 5.91. The molecule has 0 aliphatic heterocycles. The lowest BCUT2D eigenvalue weighted by Crippen LogP contribution is -2.28. The standard InChI is InChI=1S/C15H17ClN4.C15H18N4/c1-20(9-12-8-14(16)19-10-18-12)13-6-2-4-11-5-3-7-17-15(11)13;1-19(10-13-7-9-16-11-18-13)14-6-2-4-12-5-3-8-17-15(12)14/h3,5,7-8,10,13H,2,4,6,9H2,1H3;3,5,7-9,11,14H,2,4,6,10H2,1H3. The van der Waals surface area contributed by atoms with Gasteiger partial charge in [0.25, 0.3) is 0 Å². The average Bonchev–Trinajstić information content (AvgIpc) is 2.97. The number of hydrogen-bond acceptors (Lipinski definition) is 8. The summed E-state index contributed by atoms with van der Waals surface area (Å²) in [6.07, 6.45) is 15.7. The van der Waals surface area contributed by atoms with Gasteiger partial charge in [-0.05, 0) is 88.0 Å². The molecule has 4 heterocycles. The first kappa shape index (κ1) is 27.2. The van der Waals surface area contributed by atoms with Crippen LogP contribution in [0.15, 0.2) is 67.6 Å². The highest BCUT2D eigenvalue weighted by Gasteiger charge is 2.26. The van der Waals surface area contributed by atoms with E-state index in [1.807, 2.05) is 36.7 Å². The SMILES string of the molecule is CN(Cc1cc(Cl)ncn1)C1CCCc2cccnc21.CN(Cc1ccncn1)C1CCCc2cccnc21. The number of pyridine rings is 2. The minimum atomic E-state index is 0.355. The molecule has 4 aromatic heterocycles. The predicted octanol–water partition coefficient (Wildman–Crippen LogP) is 5.42. The topological polar surface area (TPSA) is 83.8 Å². The van der Waals surface area contributed by atoms with Gasteiger partial charge in [0.1, 0.15) is 17.8 Å². The number of rotatable bonds is 6. The summed E-state index contributed by atoms with van der Waals surface area (Å²) < 4.78 is 0. The molecule has 2 aliphatic rings. The minimum absolute atomic E-state index is 0.355. The molecule has 2 aliphatic carbocycles. The molecule has 0 amide bonds. The van der Waals surface area contributed by atoms with E-state index in [9.17, 15) is 0 Å². The third-order valence-corrected chi connectivity index (χ3v) is 7.76. The molecule has 0 saturated carbocycles. The van der Waals surface area contributed by atoms with E-state index in [0.717, 1.165) is 43.7 Å². The summed E-state index contributed by atoms with van der Waals surface area (Å²) in [5.41, 5.74) is 7.22. The van der Waals surface area contributed by atoms with Crippen LogP contribution in [-0.4, -0.2) is 53.8 Å². The predicted molar refractivity (Wildman–Crippen MR) is 152 cm³/mol.